The Morgan fingerprint density at radius 1 is 0.853 bits per heavy atom. The first kappa shape index (κ1) is 21.0. The molecule has 9 nitrogen and oxygen atoms in total. The van der Waals surface area contributed by atoms with E-state index in [9.17, 15) is 0 Å². The van der Waals surface area contributed by atoms with Crippen LogP contribution < -0.4 is 10.7 Å². The van der Waals surface area contributed by atoms with Gasteiger partial charge >= 0.3 is 0 Å². The molecule has 5 aromatic rings. The van der Waals surface area contributed by atoms with Crippen LogP contribution in [-0.4, -0.2) is 35.4 Å². The van der Waals surface area contributed by atoms with E-state index < -0.39 is 0 Å². The molecule has 0 fully saturated rings. The number of anilines is 3. The maximum atomic E-state index is 4.66. The smallest absolute Gasteiger partial charge is 0.231 e. The second kappa shape index (κ2) is 9.70. The molecule has 5 rings (SSSR count). The summed E-state index contributed by atoms with van der Waals surface area (Å²) in [5.41, 5.74) is 7.67. The molecular weight excluding hydrogens is 426 g/mol. The minimum absolute atomic E-state index is 0.420. The van der Waals surface area contributed by atoms with Crippen molar-refractivity contribution in [3.05, 3.63) is 103 Å². The highest BCUT2D eigenvalue weighted by atomic mass is 15.4. The lowest BCUT2D eigenvalue weighted by Crippen LogP contribution is -2.07. The summed E-state index contributed by atoms with van der Waals surface area (Å²) in [6.45, 7) is 1.92. The van der Waals surface area contributed by atoms with Crippen molar-refractivity contribution < 1.29 is 0 Å². The SMILES string of the molecule is CC(=NNc1cc(-n2cc(-c3ccncc3)cn2)nc(Nc2ccccc2)n1)c1ccncc1. The molecule has 4 heterocycles. The van der Waals surface area contributed by atoms with E-state index in [0.29, 0.717) is 17.6 Å². The van der Waals surface area contributed by atoms with Crippen molar-refractivity contribution >= 4 is 23.2 Å². The van der Waals surface area contributed by atoms with Crippen molar-refractivity contribution in [1.82, 2.24) is 29.7 Å². The number of nitrogens with one attached hydrogen (secondary N) is 2. The molecular formula is C25H21N9. The van der Waals surface area contributed by atoms with Crippen molar-refractivity contribution in [2.24, 2.45) is 5.10 Å². The van der Waals surface area contributed by atoms with Crippen LogP contribution in [0.3, 0.4) is 0 Å². The molecule has 0 radical (unpaired) electrons. The van der Waals surface area contributed by atoms with Crippen molar-refractivity contribution in [1.29, 1.82) is 0 Å². The molecule has 0 aliphatic heterocycles. The van der Waals surface area contributed by atoms with E-state index >= 15 is 0 Å². The Bertz CT molecular complexity index is 1400. The number of nitrogens with zero attached hydrogens (tertiary/aromatic N) is 7. The number of rotatable bonds is 7. The molecule has 0 amide bonds. The summed E-state index contributed by atoms with van der Waals surface area (Å²) in [5, 5.41) is 12.2. The van der Waals surface area contributed by atoms with Crippen LogP contribution in [0.25, 0.3) is 16.9 Å². The molecule has 2 N–H and O–H groups in total. The van der Waals surface area contributed by atoms with Crippen molar-refractivity contribution in [2.45, 2.75) is 6.92 Å². The van der Waals surface area contributed by atoms with E-state index in [0.717, 1.165) is 28.1 Å². The van der Waals surface area contributed by atoms with Gasteiger partial charge in [-0.3, -0.25) is 15.4 Å². The number of para-hydroxylation sites is 1. The van der Waals surface area contributed by atoms with Gasteiger partial charge in [0, 0.05) is 53.9 Å². The van der Waals surface area contributed by atoms with Crippen LogP contribution in [0.1, 0.15) is 12.5 Å². The average molecular weight is 448 g/mol. The van der Waals surface area contributed by atoms with Crippen molar-refractivity contribution in [3.63, 3.8) is 0 Å². The predicted molar refractivity (Wildman–Crippen MR) is 132 cm³/mol. The van der Waals surface area contributed by atoms with Crippen LogP contribution >= 0.6 is 0 Å². The van der Waals surface area contributed by atoms with Crippen LogP contribution in [0.15, 0.2) is 103 Å². The van der Waals surface area contributed by atoms with Crippen LogP contribution in [0, 0.1) is 0 Å². The average Bonchev–Trinajstić information content (AvgIpc) is 3.39. The van der Waals surface area contributed by atoms with Gasteiger partial charge in [0.1, 0.15) is 0 Å². The third-order valence-electron chi connectivity index (χ3n) is 5.01. The summed E-state index contributed by atoms with van der Waals surface area (Å²) in [6.07, 6.45) is 10.7. The van der Waals surface area contributed by atoms with Gasteiger partial charge in [-0.15, -0.1) is 0 Å². The summed E-state index contributed by atoms with van der Waals surface area (Å²) >= 11 is 0. The van der Waals surface area contributed by atoms with Gasteiger partial charge in [-0.05, 0) is 48.9 Å². The molecule has 0 atom stereocenters. The highest BCUT2D eigenvalue weighted by Crippen LogP contribution is 2.21. The van der Waals surface area contributed by atoms with E-state index in [1.54, 1.807) is 41.7 Å². The fourth-order valence-electron chi connectivity index (χ4n) is 3.26. The summed E-state index contributed by atoms with van der Waals surface area (Å²) in [6, 6.07) is 19.2. The second-order valence-electron chi connectivity index (χ2n) is 7.38. The van der Waals surface area contributed by atoms with Crippen LogP contribution in [0.5, 0.6) is 0 Å². The summed E-state index contributed by atoms with van der Waals surface area (Å²) in [4.78, 5) is 17.4. The highest BCUT2D eigenvalue weighted by Gasteiger charge is 2.10. The second-order valence-corrected chi connectivity index (χ2v) is 7.38. The lowest BCUT2D eigenvalue weighted by atomic mass is 10.1. The molecule has 0 saturated carbocycles. The van der Waals surface area contributed by atoms with Gasteiger partial charge in [0.05, 0.1) is 11.9 Å². The maximum Gasteiger partial charge on any atom is 0.231 e. The molecule has 0 spiro atoms. The zero-order valence-corrected chi connectivity index (χ0v) is 18.4. The molecule has 1 aromatic carbocycles. The molecule has 34 heavy (non-hydrogen) atoms. The predicted octanol–water partition coefficient (Wildman–Crippen LogP) is 4.70. The lowest BCUT2D eigenvalue weighted by molar-refractivity contribution is 0.842. The lowest BCUT2D eigenvalue weighted by Gasteiger charge is -2.10. The number of hydrazone groups is 1. The largest absolute Gasteiger partial charge is 0.324 e. The van der Waals surface area contributed by atoms with Crippen LogP contribution in [0.4, 0.5) is 17.5 Å². The summed E-state index contributed by atoms with van der Waals surface area (Å²) < 4.78 is 1.71. The van der Waals surface area contributed by atoms with Gasteiger partial charge < -0.3 is 5.32 Å². The number of pyridine rings is 2. The number of aromatic nitrogens is 6. The third kappa shape index (κ3) is 4.94. The van der Waals surface area contributed by atoms with E-state index in [2.05, 4.69) is 40.9 Å². The number of hydrogen-bond donors (Lipinski definition) is 2. The molecule has 0 saturated heterocycles. The first-order chi connectivity index (χ1) is 16.7. The Kier molecular flexibility index (Phi) is 5.98. The van der Waals surface area contributed by atoms with E-state index in [1.807, 2.05) is 67.7 Å². The van der Waals surface area contributed by atoms with E-state index in [1.165, 1.54) is 0 Å². The Labute approximate surface area is 196 Å². The molecule has 4 aromatic heterocycles. The Hall–Kier alpha value is -4.92. The standard InChI is InChI=1S/C25H21N9/c1-18(19-7-11-26-12-8-19)32-33-23-15-24(31-25(30-23)29-22-5-3-2-4-6-22)34-17-21(16-28-34)20-9-13-27-14-10-20/h2-17H,1H3,(H2,29,30,31,33). The topological polar surface area (TPSA) is 106 Å². The molecule has 0 aliphatic carbocycles. The Morgan fingerprint density at radius 2 is 1.59 bits per heavy atom. The maximum absolute atomic E-state index is 4.66. The monoisotopic (exact) mass is 447 g/mol. The Morgan fingerprint density at radius 3 is 2.35 bits per heavy atom. The van der Waals surface area contributed by atoms with E-state index in [4.69, 9.17) is 0 Å². The zero-order valence-electron chi connectivity index (χ0n) is 18.4. The first-order valence-corrected chi connectivity index (χ1v) is 10.6. The van der Waals surface area contributed by atoms with Crippen LogP contribution in [-0.2, 0) is 0 Å². The number of hydrogen-bond acceptors (Lipinski definition) is 8. The van der Waals surface area contributed by atoms with Crippen molar-refractivity contribution in [3.8, 4) is 16.9 Å². The van der Waals surface area contributed by atoms with Gasteiger partial charge in [-0.25, -0.2) is 4.68 Å². The van der Waals surface area contributed by atoms with Crippen molar-refractivity contribution in [2.75, 3.05) is 10.7 Å². The quantitative estimate of drug-likeness (QED) is 0.275. The fraction of sp³-hybridized carbons (Fsp3) is 0.0400. The normalized spacial score (nSPS) is 11.3. The summed E-state index contributed by atoms with van der Waals surface area (Å²) in [7, 11) is 0. The summed E-state index contributed by atoms with van der Waals surface area (Å²) in [5.74, 6) is 1.54. The molecule has 9 heteroatoms. The van der Waals surface area contributed by atoms with Gasteiger partial charge in [-0.2, -0.15) is 20.2 Å². The molecule has 0 aliphatic rings. The van der Waals surface area contributed by atoms with Gasteiger partial charge in [0.15, 0.2) is 11.6 Å². The third-order valence-corrected chi connectivity index (χ3v) is 5.01. The zero-order chi connectivity index (χ0) is 23.2. The Balaban J connectivity index is 1.48. The first-order valence-electron chi connectivity index (χ1n) is 10.6. The molecule has 0 bridgehead atoms. The molecule has 166 valence electrons. The molecule has 0 unspecified atom stereocenters. The fourth-order valence-corrected chi connectivity index (χ4v) is 3.26. The highest BCUT2D eigenvalue weighted by molar-refractivity contribution is 5.98. The van der Waals surface area contributed by atoms with E-state index in [-0.39, 0.29) is 0 Å². The van der Waals surface area contributed by atoms with Gasteiger partial charge in [0.25, 0.3) is 0 Å². The van der Waals surface area contributed by atoms with Gasteiger partial charge in [0.2, 0.25) is 5.95 Å². The van der Waals surface area contributed by atoms with Crippen LogP contribution in [0.2, 0.25) is 0 Å². The minimum Gasteiger partial charge on any atom is -0.324 e. The van der Waals surface area contributed by atoms with Gasteiger partial charge in [-0.1, -0.05) is 18.2 Å². The minimum atomic E-state index is 0.420. The number of benzene rings is 1.